The minimum atomic E-state index is -1.59. The number of aliphatic hydroxyl groups excluding tert-OH is 2. The lowest BCUT2D eigenvalue weighted by molar-refractivity contribution is -0.299. The van der Waals surface area contributed by atoms with Crippen LogP contribution in [0.15, 0.2) is 0 Å². The van der Waals surface area contributed by atoms with Crippen molar-refractivity contribution in [1.29, 1.82) is 0 Å². The molecule has 0 aromatic carbocycles. The Kier molecular flexibility index (Phi) is 11.7. The molecule has 11 heteroatoms. The van der Waals surface area contributed by atoms with Gasteiger partial charge in [-0.1, -0.05) is 13.8 Å². The van der Waals surface area contributed by atoms with E-state index < -0.39 is 54.2 Å². The van der Waals surface area contributed by atoms with Gasteiger partial charge in [-0.3, -0.25) is 4.79 Å². The fraction of sp³-hybridized carbons (Fsp3) is 0.913. The lowest BCUT2D eigenvalue weighted by atomic mass is 9.78. The van der Waals surface area contributed by atoms with Crippen molar-refractivity contribution in [2.24, 2.45) is 17.8 Å². The van der Waals surface area contributed by atoms with Crippen molar-refractivity contribution in [2.45, 2.75) is 89.8 Å². The van der Waals surface area contributed by atoms with Crippen LogP contribution in [0.3, 0.4) is 0 Å². The van der Waals surface area contributed by atoms with E-state index in [9.17, 15) is 30.0 Å². The Balaban J connectivity index is 3.39. The first-order chi connectivity index (χ1) is 15.7. The van der Waals surface area contributed by atoms with Gasteiger partial charge < -0.3 is 44.3 Å². The van der Waals surface area contributed by atoms with Crippen molar-refractivity contribution in [1.82, 2.24) is 4.90 Å². The highest BCUT2D eigenvalue weighted by molar-refractivity contribution is 5.70. The zero-order chi connectivity index (χ0) is 26.4. The molecule has 10 atom stereocenters. The number of carbonyl (C=O) groups is 2. The van der Waals surface area contributed by atoms with Gasteiger partial charge in [0.1, 0.15) is 0 Å². The highest BCUT2D eigenvalue weighted by Crippen LogP contribution is 2.35. The molecule has 0 aliphatic carbocycles. The number of aliphatic hydroxyl groups is 3. The molecule has 1 saturated heterocycles. The van der Waals surface area contributed by atoms with Gasteiger partial charge in [-0.25, -0.2) is 4.79 Å². The summed E-state index contributed by atoms with van der Waals surface area (Å²) in [7, 11) is 4.83. The minimum Gasteiger partial charge on any atom is -0.481 e. The van der Waals surface area contributed by atoms with E-state index in [1.165, 1.54) is 21.0 Å². The second-order valence-electron chi connectivity index (χ2n) is 10.0. The van der Waals surface area contributed by atoms with Gasteiger partial charge in [0, 0.05) is 12.5 Å². The average molecular weight is 494 g/mol. The molecule has 0 radical (unpaired) electrons. The topological polar surface area (TPSA) is 155 Å². The molecule has 1 rings (SSSR count). The molecule has 0 saturated carbocycles. The number of aliphatic carboxylic acids is 1. The van der Waals surface area contributed by atoms with Crippen LogP contribution < -0.4 is 0 Å². The van der Waals surface area contributed by atoms with Crippen LogP contribution in [0.1, 0.15) is 47.5 Å². The quantitative estimate of drug-likeness (QED) is 0.289. The van der Waals surface area contributed by atoms with E-state index in [2.05, 4.69) is 4.74 Å². The predicted octanol–water partition coefficient (Wildman–Crippen LogP) is 1.08. The van der Waals surface area contributed by atoms with Gasteiger partial charge in [0.2, 0.25) is 0 Å². The summed E-state index contributed by atoms with van der Waals surface area (Å²) in [4.78, 5) is 25.4. The van der Waals surface area contributed by atoms with Gasteiger partial charge in [0.15, 0.2) is 12.4 Å². The lowest BCUT2D eigenvalue weighted by Crippen LogP contribution is -2.60. The number of nitrogens with zero attached hydrogens (tertiary/aromatic N) is 1. The summed E-state index contributed by atoms with van der Waals surface area (Å²) >= 11 is 0. The smallest absolute Gasteiger partial charge is 0.481 e. The number of carboxylic acids is 1. The highest BCUT2D eigenvalue weighted by atomic mass is 16.8. The van der Waals surface area contributed by atoms with Crippen LogP contribution in [0.4, 0.5) is 4.79 Å². The Labute approximate surface area is 201 Å². The molecule has 200 valence electrons. The molecule has 11 nitrogen and oxygen atoms in total. The Morgan fingerprint density at radius 2 is 1.82 bits per heavy atom. The summed E-state index contributed by atoms with van der Waals surface area (Å²) in [5.41, 5.74) is -1.59. The Morgan fingerprint density at radius 3 is 2.29 bits per heavy atom. The van der Waals surface area contributed by atoms with Crippen molar-refractivity contribution in [3.05, 3.63) is 0 Å². The van der Waals surface area contributed by atoms with E-state index >= 15 is 0 Å². The fourth-order valence-electron chi connectivity index (χ4n) is 4.57. The largest absolute Gasteiger partial charge is 0.508 e. The molecule has 4 N–H and O–H groups in total. The number of hydrogen-bond donors (Lipinski definition) is 4. The maximum atomic E-state index is 12.0. The number of likely N-dealkylation sites (N-methyl/N-ethyl adjacent to an activating group) is 1. The van der Waals surface area contributed by atoms with Gasteiger partial charge in [0.25, 0.3) is 0 Å². The van der Waals surface area contributed by atoms with Crippen LogP contribution in [0.2, 0.25) is 0 Å². The van der Waals surface area contributed by atoms with Crippen molar-refractivity contribution in [3.63, 3.8) is 0 Å². The number of methoxy groups -OCH3 is 1. The summed E-state index contributed by atoms with van der Waals surface area (Å²) < 4.78 is 22.4. The molecule has 0 aromatic rings. The number of rotatable bonds is 12. The van der Waals surface area contributed by atoms with Crippen LogP contribution in [0.25, 0.3) is 0 Å². The molecule has 1 aliphatic rings. The third kappa shape index (κ3) is 8.03. The summed E-state index contributed by atoms with van der Waals surface area (Å²) in [6.07, 6.45) is -5.10. The van der Waals surface area contributed by atoms with Crippen molar-refractivity contribution < 1.29 is 49.0 Å². The van der Waals surface area contributed by atoms with E-state index in [4.69, 9.17) is 14.2 Å². The van der Waals surface area contributed by atoms with E-state index in [1.807, 2.05) is 25.9 Å². The van der Waals surface area contributed by atoms with E-state index in [0.717, 1.165) is 0 Å². The predicted molar refractivity (Wildman–Crippen MR) is 122 cm³/mol. The van der Waals surface area contributed by atoms with E-state index in [-0.39, 0.29) is 31.1 Å². The number of hydrogen-bond acceptors (Lipinski definition) is 10. The first-order valence-electron chi connectivity index (χ1n) is 11.6. The molecular weight excluding hydrogens is 450 g/mol. The number of ether oxygens (including phenoxy) is 4. The van der Waals surface area contributed by atoms with Gasteiger partial charge in [-0.15, -0.1) is 0 Å². The SMILES string of the molecule is COC(=O)O[C@H]1[C@H](O[C@H]([C@@H](C)[C@H](O)[C@@H](C)C(=O)O)[C@](C)(O)C[C@@H](C)CO)O[C@H](C)C[C@@H]1N(C)C. The third-order valence-electron chi connectivity index (χ3n) is 6.53. The van der Waals surface area contributed by atoms with E-state index in [1.54, 1.807) is 13.8 Å². The van der Waals surface area contributed by atoms with Crippen molar-refractivity contribution in [2.75, 3.05) is 27.8 Å². The van der Waals surface area contributed by atoms with Crippen molar-refractivity contribution in [3.8, 4) is 0 Å². The first-order valence-corrected chi connectivity index (χ1v) is 11.6. The Bertz CT molecular complexity index is 658. The third-order valence-corrected chi connectivity index (χ3v) is 6.53. The van der Waals surface area contributed by atoms with Crippen LogP contribution >= 0.6 is 0 Å². The second kappa shape index (κ2) is 13.0. The molecule has 0 aromatic heterocycles. The Hall–Kier alpha value is -1.50. The van der Waals surface area contributed by atoms with Gasteiger partial charge in [-0.05, 0) is 53.6 Å². The maximum Gasteiger partial charge on any atom is 0.508 e. The monoisotopic (exact) mass is 493 g/mol. The van der Waals surface area contributed by atoms with Gasteiger partial charge in [0.05, 0.1) is 43.0 Å². The average Bonchev–Trinajstić information content (AvgIpc) is 2.76. The van der Waals surface area contributed by atoms with Crippen molar-refractivity contribution >= 4 is 12.1 Å². The molecule has 1 aliphatic heterocycles. The summed E-state index contributed by atoms with van der Waals surface area (Å²) in [6.45, 7) is 7.86. The van der Waals surface area contributed by atoms with Crippen LogP contribution in [0, 0.1) is 17.8 Å². The maximum absolute atomic E-state index is 12.0. The molecule has 0 spiro atoms. The summed E-state index contributed by atoms with van der Waals surface area (Å²) in [5.74, 6) is -3.48. The zero-order valence-corrected chi connectivity index (χ0v) is 21.5. The van der Waals surface area contributed by atoms with Gasteiger partial charge >= 0.3 is 12.1 Å². The van der Waals surface area contributed by atoms with Crippen LogP contribution in [-0.4, -0.2) is 108 Å². The minimum absolute atomic E-state index is 0.106. The zero-order valence-electron chi connectivity index (χ0n) is 21.5. The fourth-order valence-corrected chi connectivity index (χ4v) is 4.57. The van der Waals surface area contributed by atoms with Crippen LogP contribution in [0.5, 0.6) is 0 Å². The van der Waals surface area contributed by atoms with E-state index in [0.29, 0.717) is 6.42 Å². The molecule has 0 unspecified atom stereocenters. The highest BCUT2D eigenvalue weighted by Gasteiger charge is 2.49. The molecule has 0 amide bonds. The normalized spacial score (nSPS) is 29.4. The Morgan fingerprint density at radius 1 is 1.24 bits per heavy atom. The first kappa shape index (κ1) is 30.5. The standard InChI is InChI=1S/C23H43NO10/c1-12(11-25)10-23(5,30)19(14(3)17(26)15(4)20(27)28)34-21-18(33-22(29)31-8)16(24(6)7)9-13(2)32-21/h12-19,21,25-26,30H,9-11H2,1-8H3,(H,27,28)/t12-,13-,14+,15-,16+,17+,18-,19-,21+,23-/m1/s1. The van der Waals surface area contributed by atoms with Gasteiger partial charge in [-0.2, -0.15) is 0 Å². The number of carboxylic acid groups (broad SMARTS) is 1. The molecule has 0 bridgehead atoms. The lowest BCUT2D eigenvalue weighted by Gasteiger charge is -2.47. The molecule has 34 heavy (non-hydrogen) atoms. The summed E-state index contributed by atoms with van der Waals surface area (Å²) in [5, 5.41) is 41.1. The number of carbonyl (C=O) groups excluding carboxylic acids is 1. The molecule has 1 heterocycles. The second-order valence-corrected chi connectivity index (χ2v) is 10.0. The summed E-state index contributed by atoms with van der Waals surface area (Å²) in [6, 6.07) is -0.298. The van der Waals surface area contributed by atoms with Crippen LogP contribution in [-0.2, 0) is 23.7 Å². The molecular formula is C23H43NO10. The molecule has 1 fully saturated rings.